The number of methoxy groups -OCH3 is 1. The smallest absolute Gasteiger partial charge is 0.142 e. The Hall–Kier alpha value is -1.14. The fourth-order valence-electron chi connectivity index (χ4n) is 1.64. The third-order valence-electron chi connectivity index (χ3n) is 2.54. The quantitative estimate of drug-likeness (QED) is 0.874. The van der Waals surface area contributed by atoms with Crippen molar-refractivity contribution in [2.45, 2.75) is 6.04 Å². The molecule has 2 aromatic rings. The van der Waals surface area contributed by atoms with E-state index >= 15 is 0 Å². The first-order valence-electron chi connectivity index (χ1n) is 5.22. The molecule has 1 heterocycles. The van der Waals surface area contributed by atoms with Crippen LogP contribution in [-0.4, -0.2) is 12.1 Å². The van der Waals surface area contributed by atoms with Crippen LogP contribution in [0.1, 0.15) is 17.3 Å². The number of hydrogen-bond donors (Lipinski definition) is 1. The van der Waals surface area contributed by atoms with Gasteiger partial charge in [-0.1, -0.05) is 12.1 Å². The van der Waals surface area contributed by atoms with Crippen molar-refractivity contribution in [2.24, 2.45) is 5.73 Å². The van der Waals surface area contributed by atoms with E-state index in [0.717, 1.165) is 17.0 Å². The van der Waals surface area contributed by atoms with Crippen LogP contribution in [-0.2, 0) is 0 Å². The zero-order valence-corrected chi connectivity index (χ0v) is 11.6. The molecule has 0 saturated carbocycles. The summed E-state index contributed by atoms with van der Waals surface area (Å²) in [5.41, 5.74) is 7.99. The number of ether oxygens (including phenoxy) is 1. The zero-order chi connectivity index (χ0) is 12.3. The molecule has 0 bridgehead atoms. The van der Waals surface area contributed by atoms with Crippen LogP contribution < -0.4 is 10.5 Å². The lowest BCUT2D eigenvalue weighted by atomic mass is 10.0. The fourth-order valence-corrected chi connectivity index (χ4v) is 2.00. The molecule has 0 amide bonds. The molecule has 0 saturated heterocycles. The molecule has 0 fully saturated rings. The average molecular weight is 340 g/mol. The van der Waals surface area contributed by atoms with E-state index in [0.29, 0.717) is 0 Å². The van der Waals surface area contributed by atoms with Crippen molar-refractivity contribution in [2.75, 3.05) is 7.11 Å². The highest BCUT2D eigenvalue weighted by Crippen LogP contribution is 2.26. The molecule has 0 spiro atoms. The predicted octanol–water partition coefficient (Wildman–Crippen LogP) is 2.74. The molecule has 2 N–H and O–H groups in total. The van der Waals surface area contributed by atoms with E-state index in [1.165, 1.54) is 3.57 Å². The van der Waals surface area contributed by atoms with Crippen molar-refractivity contribution in [3.8, 4) is 5.75 Å². The van der Waals surface area contributed by atoms with Gasteiger partial charge in [0, 0.05) is 9.77 Å². The van der Waals surface area contributed by atoms with Crippen LogP contribution in [0.3, 0.4) is 0 Å². The van der Waals surface area contributed by atoms with Gasteiger partial charge in [0.15, 0.2) is 0 Å². The molecular weight excluding hydrogens is 327 g/mol. The lowest BCUT2D eigenvalue weighted by Crippen LogP contribution is -2.14. The van der Waals surface area contributed by atoms with E-state index in [1.54, 1.807) is 13.3 Å². The fraction of sp³-hybridized carbons (Fsp3) is 0.154. The highest BCUT2D eigenvalue weighted by molar-refractivity contribution is 14.1. The third kappa shape index (κ3) is 2.76. The molecule has 88 valence electrons. The van der Waals surface area contributed by atoms with Gasteiger partial charge >= 0.3 is 0 Å². The summed E-state index contributed by atoms with van der Waals surface area (Å²) in [7, 11) is 1.63. The SMILES string of the molecule is COc1cccnc1C(N)c1ccc(I)cc1. The van der Waals surface area contributed by atoms with Crippen molar-refractivity contribution in [3.05, 3.63) is 57.4 Å². The van der Waals surface area contributed by atoms with Gasteiger partial charge < -0.3 is 10.5 Å². The predicted molar refractivity (Wildman–Crippen MR) is 76.0 cm³/mol. The highest BCUT2D eigenvalue weighted by atomic mass is 127. The summed E-state index contributed by atoms with van der Waals surface area (Å²) in [5, 5.41) is 0. The van der Waals surface area contributed by atoms with E-state index in [1.807, 2.05) is 36.4 Å². The summed E-state index contributed by atoms with van der Waals surface area (Å²) < 4.78 is 6.45. The molecule has 3 nitrogen and oxygen atoms in total. The van der Waals surface area contributed by atoms with Crippen LogP contribution in [0.2, 0.25) is 0 Å². The lowest BCUT2D eigenvalue weighted by Gasteiger charge is -2.14. The summed E-state index contributed by atoms with van der Waals surface area (Å²) in [4.78, 5) is 4.30. The Morgan fingerprint density at radius 2 is 1.94 bits per heavy atom. The van der Waals surface area contributed by atoms with E-state index in [9.17, 15) is 0 Å². The largest absolute Gasteiger partial charge is 0.495 e. The molecule has 0 aliphatic rings. The van der Waals surface area contributed by atoms with E-state index in [-0.39, 0.29) is 6.04 Å². The van der Waals surface area contributed by atoms with Crippen LogP contribution in [0.5, 0.6) is 5.75 Å². The summed E-state index contributed by atoms with van der Waals surface area (Å²) in [6, 6.07) is 11.5. The number of aromatic nitrogens is 1. The topological polar surface area (TPSA) is 48.1 Å². The van der Waals surface area contributed by atoms with Crippen LogP contribution in [0, 0.1) is 3.57 Å². The van der Waals surface area contributed by atoms with E-state index < -0.39 is 0 Å². The third-order valence-corrected chi connectivity index (χ3v) is 3.26. The second-order valence-corrected chi connectivity index (χ2v) is 4.87. The Morgan fingerprint density at radius 1 is 1.24 bits per heavy atom. The molecule has 1 unspecified atom stereocenters. The second-order valence-electron chi connectivity index (χ2n) is 3.62. The van der Waals surface area contributed by atoms with Gasteiger partial charge in [0.05, 0.1) is 13.2 Å². The lowest BCUT2D eigenvalue weighted by molar-refractivity contribution is 0.404. The molecule has 1 aromatic heterocycles. The van der Waals surface area contributed by atoms with Gasteiger partial charge in [0.2, 0.25) is 0 Å². The van der Waals surface area contributed by atoms with Gasteiger partial charge in [0.25, 0.3) is 0 Å². The van der Waals surface area contributed by atoms with E-state index in [4.69, 9.17) is 10.5 Å². The molecule has 0 aliphatic heterocycles. The van der Waals surface area contributed by atoms with Crippen molar-refractivity contribution in [1.82, 2.24) is 4.98 Å². The number of benzene rings is 1. The maximum Gasteiger partial charge on any atom is 0.142 e. The van der Waals surface area contributed by atoms with Crippen LogP contribution in [0.25, 0.3) is 0 Å². The van der Waals surface area contributed by atoms with Gasteiger partial charge in [-0.2, -0.15) is 0 Å². The molecule has 2 rings (SSSR count). The van der Waals surface area contributed by atoms with Crippen molar-refractivity contribution < 1.29 is 4.74 Å². The molecule has 1 atom stereocenters. The molecule has 1 aromatic carbocycles. The van der Waals surface area contributed by atoms with Gasteiger partial charge in [-0.15, -0.1) is 0 Å². The Kier molecular flexibility index (Phi) is 3.96. The van der Waals surface area contributed by atoms with Crippen molar-refractivity contribution >= 4 is 22.6 Å². The minimum absolute atomic E-state index is 0.261. The number of nitrogens with two attached hydrogens (primary N) is 1. The van der Waals surface area contributed by atoms with Gasteiger partial charge in [0.1, 0.15) is 11.4 Å². The first kappa shape index (κ1) is 12.3. The van der Waals surface area contributed by atoms with E-state index in [2.05, 4.69) is 27.6 Å². The second kappa shape index (κ2) is 5.46. The van der Waals surface area contributed by atoms with Crippen LogP contribution >= 0.6 is 22.6 Å². The normalized spacial score (nSPS) is 12.2. The van der Waals surface area contributed by atoms with Gasteiger partial charge in [-0.25, -0.2) is 0 Å². The molecule has 17 heavy (non-hydrogen) atoms. The number of rotatable bonds is 3. The van der Waals surface area contributed by atoms with Crippen LogP contribution in [0.15, 0.2) is 42.6 Å². The van der Waals surface area contributed by atoms with Crippen molar-refractivity contribution in [3.63, 3.8) is 0 Å². The number of hydrogen-bond acceptors (Lipinski definition) is 3. The number of pyridine rings is 1. The Labute approximate surface area is 114 Å². The van der Waals surface area contributed by atoms with Gasteiger partial charge in [-0.3, -0.25) is 4.98 Å². The monoisotopic (exact) mass is 340 g/mol. The summed E-state index contributed by atoms with van der Waals surface area (Å²) in [6.45, 7) is 0. The standard InChI is InChI=1S/C13H13IN2O/c1-17-11-3-2-8-16-13(11)12(15)9-4-6-10(14)7-5-9/h2-8,12H,15H2,1H3. The summed E-state index contributed by atoms with van der Waals surface area (Å²) >= 11 is 2.27. The first-order chi connectivity index (χ1) is 8.22. The summed E-state index contributed by atoms with van der Waals surface area (Å²) in [5.74, 6) is 0.721. The van der Waals surface area contributed by atoms with Crippen LogP contribution in [0.4, 0.5) is 0 Å². The Balaban J connectivity index is 2.36. The molecule has 4 heteroatoms. The maximum atomic E-state index is 6.20. The maximum absolute atomic E-state index is 6.20. The molecular formula is C13H13IN2O. The number of nitrogens with zero attached hydrogens (tertiary/aromatic N) is 1. The minimum Gasteiger partial charge on any atom is -0.495 e. The highest BCUT2D eigenvalue weighted by Gasteiger charge is 2.14. The Bertz CT molecular complexity index is 499. The zero-order valence-electron chi connectivity index (χ0n) is 9.43. The molecule has 0 radical (unpaired) electrons. The Morgan fingerprint density at radius 3 is 2.59 bits per heavy atom. The average Bonchev–Trinajstić information content (AvgIpc) is 2.39. The summed E-state index contributed by atoms with van der Waals surface area (Å²) in [6.07, 6.45) is 1.73. The van der Waals surface area contributed by atoms with Gasteiger partial charge in [-0.05, 0) is 52.4 Å². The number of halogens is 1. The minimum atomic E-state index is -0.261. The molecule has 0 aliphatic carbocycles. The van der Waals surface area contributed by atoms with Crippen molar-refractivity contribution in [1.29, 1.82) is 0 Å². The first-order valence-corrected chi connectivity index (χ1v) is 6.30.